The number of nitrogens with zero attached hydrogens (tertiary/aromatic N) is 2. The summed E-state index contributed by atoms with van der Waals surface area (Å²) in [5, 5.41) is 12.1. The van der Waals surface area contributed by atoms with Crippen molar-refractivity contribution in [3.63, 3.8) is 0 Å². The minimum absolute atomic E-state index is 0.0875. The molecule has 9 nitrogen and oxygen atoms in total. The van der Waals surface area contributed by atoms with Gasteiger partial charge in [0.2, 0.25) is 11.8 Å². The fourth-order valence-corrected chi connectivity index (χ4v) is 2.77. The third-order valence-electron chi connectivity index (χ3n) is 4.30. The van der Waals surface area contributed by atoms with Gasteiger partial charge in [-0.3, -0.25) is 4.79 Å². The fourth-order valence-electron chi connectivity index (χ4n) is 2.77. The second kappa shape index (κ2) is 10.1. The van der Waals surface area contributed by atoms with Gasteiger partial charge < -0.3 is 24.6 Å². The Bertz CT molecular complexity index is 1040. The highest BCUT2D eigenvalue weighted by Gasteiger charge is 2.23. The number of carbonyl (C=O) groups excluding carboxylic acids is 1. The molecule has 2 N–H and O–H groups in total. The van der Waals surface area contributed by atoms with Gasteiger partial charge in [-0.1, -0.05) is 42.5 Å². The molecule has 1 aromatic heterocycles. The number of benzene rings is 2. The number of carbonyl (C=O) groups is 2. The van der Waals surface area contributed by atoms with E-state index in [-0.39, 0.29) is 35.5 Å². The Kier molecular flexibility index (Phi) is 7.00. The number of hydrogen-bond acceptors (Lipinski definition) is 7. The maximum absolute atomic E-state index is 12.9. The molecule has 3 rings (SSSR count). The third kappa shape index (κ3) is 5.69. The Balaban J connectivity index is 1.82. The lowest BCUT2D eigenvalue weighted by atomic mass is 10.1. The number of aliphatic carboxylic acids is 1. The van der Waals surface area contributed by atoms with Crippen molar-refractivity contribution in [2.45, 2.75) is 12.5 Å². The van der Waals surface area contributed by atoms with Crippen LogP contribution in [0.1, 0.15) is 15.9 Å². The molecule has 0 fully saturated rings. The summed E-state index contributed by atoms with van der Waals surface area (Å²) in [6.07, 6.45) is 0.140. The highest BCUT2D eigenvalue weighted by atomic mass is 16.5. The highest BCUT2D eigenvalue weighted by molar-refractivity contribution is 5.99. The Morgan fingerprint density at radius 2 is 1.58 bits per heavy atom. The Labute approximate surface area is 178 Å². The number of aromatic nitrogens is 2. The van der Waals surface area contributed by atoms with Gasteiger partial charge in [0.25, 0.3) is 5.91 Å². The van der Waals surface area contributed by atoms with E-state index in [4.69, 9.17) is 14.2 Å². The van der Waals surface area contributed by atoms with Gasteiger partial charge >= 0.3 is 12.0 Å². The molecule has 2 aromatic carbocycles. The van der Waals surface area contributed by atoms with Crippen LogP contribution in [0.15, 0.2) is 60.7 Å². The number of hydrogen-bond donors (Lipinski definition) is 2. The van der Waals surface area contributed by atoms with Crippen LogP contribution in [0.5, 0.6) is 23.5 Å². The molecular formula is C22H21N3O6. The van der Waals surface area contributed by atoms with Crippen LogP contribution in [0.2, 0.25) is 0 Å². The van der Waals surface area contributed by atoms with E-state index in [1.54, 1.807) is 30.3 Å². The lowest BCUT2D eigenvalue weighted by molar-refractivity contribution is -0.139. The zero-order chi connectivity index (χ0) is 22.2. The van der Waals surface area contributed by atoms with Crippen molar-refractivity contribution in [2.24, 2.45) is 0 Å². The summed E-state index contributed by atoms with van der Waals surface area (Å²) >= 11 is 0. The van der Waals surface area contributed by atoms with Crippen LogP contribution in [0.4, 0.5) is 0 Å². The molecule has 0 aliphatic rings. The van der Waals surface area contributed by atoms with E-state index >= 15 is 0 Å². The maximum Gasteiger partial charge on any atom is 0.328 e. The van der Waals surface area contributed by atoms with Gasteiger partial charge in [0.1, 0.15) is 11.8 Å². The zero-order valence-corrected chi connectivity index (χ0v) is 16.9. The Morgan fingerprint density at radius 1 is 0.968 bits per heavy atom. The summed E-state index contributed by atoms with van der Waals surface area (Å²) < 4.78 is 15.9. The average Bonchev–Trinajstić information content (AvgIpc) is 2.79. The molecule has 0 spiro atoms. The molecule has 0 radical (unpaired) electrons. The van der Waals surface area contributed by atoms with Crippen LogP contribution >= 0.6 is 0 Å². The van der Waals surface area contributed by atoms with Crippen molar-refractivity contribution >= 4 is 11.9 Å². The number of nitrogens with one attached hydrogen (secondary N) is 1. The zero-order valence-electron chi connectivity index (χ0n) is 16.9. The molecule has 1 atom stereocenters. The van der Waals surface area contributed by atoms with Crippen molar-refractivity contribution in [3.8, 4) is 23.5 Å². The average molecular weight is 423 g/mol. The number of ether oxygens (including phenoxy) is 3. The molecule has 1 heterocycles. The van der Waals surface area contributed by atoms with Crippen molar-refractivity contribution < 1.29 is 28.9 Å². The van der Waals surface area contributed by atoms with Crippen molar-refractivity contribution in [3.05, 3.63) is 71.8 Å². The van der Waals surface area contributed by atoms with Crippen LogP contribution in [-0.4, -0.2) is 47.2 Å². The molecule has 1 unspecified atom stereocenters. The number of carboxylic acids is 1. The smallest absolute Gasteiger partial charge is 0.328 e. The fraction of sp³-hybridized carbons (Fsp3) is 0.182. The van der Waals surface area contributed by atoms with E-state index in [2.05, 4.69) is 15.3 Å². The van der Waals surface area contributed by atoms with Crippen LogP contribution in [-0.2, 0) is 11.2 Å². The summed E-state index contributed by atoms with van der Waals surface area (Å²) in [5.41, 5.74) is 0.920. The molecule has 31 heavy (non-hydrogen) atoms. The lowest BCUT2D eigenvalue weighted by Crippen LogP contribution is -2.42. The molecule has 0 aliphatic carbocycles. The molecule has 3 aromatic rings. The van der Waals surface area contributed by atoms with Crippen LogP contribution in [0.25, 0.3) is 0 Å². The molecule has 0 saturated heterocycles. The maximum atomic E-state index is 12.9. The first-order chi connectivity index (χ1) is 15.0. The molecule has 0 bridgehead atoms. The Hall–Kier alpha value is -4.14. The standard InChI is InChI=1S/C22H21N3O6/c1-29-18-13-19(30-2)25-22(24-18)31-17-11-7-6-10-15(17)20(26)23-16(21(27)28)12-14-8-4-3-5-9-14/h3-11,13,16H,12H2,1-2H3,(H,23,26)(H,27,28). The minimum Gasteiger partial charge on any atom is -0.481 e. The molecule has 9 heteroatoms. The number of methoxy groups -OCH3 is 2. The number of para-hydroxylation sites is 1. The van der Waals surface area contributed by atoms with Gasteiger partial charge in [-0.25, -0.2) is 4.79 Å². The monoisotopic (exact) mass is 423 g/mol. The first-order valence-electron chi connectivity index (χ1n) is 9.31. The van der Waals surface area contributed by atoms with E-state index < -0.39 is 17.9 Å². The normalized spacial score (nSPS) is 11.3. The van der Waals surface area contributed by atoms with Gasteiger partial charge in [0.15, 0.2) is 0 Å². The van der Waals surface area contributed by atoms with Gasteiger partial charge in [-0.2, -0.15) is 9.97 Å². The number of amides is 1. The molecule has 160 valence electrons. The van der Waals surface area contributed by atoms with Crippen molar-refractivity contribution in [1.82, 2.24) is 15.3 Å². The van der Waals surface area contributed by atoms with Crippen molar-refractivity contribution in [2.75, 3.05) is 14.2 Å². The minimum atomic E-state index is -1.14. The molecule has 0 saturated carbocycles. The van der Waals surface area contributed by atoms with Crippen LogP contribution in [0.3, 0.4) is 0 Å². The summed E-state index contributed by atoms with van der Waals surface area (Å²) in [5.74, 6) is -1.15. The van der Waals surface area contributed by atoms with Gasteiger partial charge in [0, 0.05) is 6.42 Å². The number of rotatable bonds is 9. The summed E-state index contributed by atoms with van der Waals surface area (Å²) in [6, 6.07) is 15.7. The van der Waals surface area contributed by atoms with E-state index in [0.29, 0.717) is 0 Å². The van der Waals surface area contributed by atoms with Crippen LogP contribution in [0, 0.1) is 0 Å². The highest BCUT2D eigenvalue weighted by Crippen LogP contribution is 2.26. The SMILES string of the molecule is COc1cc(OC)nc(Oc2ccccc2C(=O)NC(Cc2ccccc2)C(=O)O)n1. The third-order valence-corrected chi connectivity index (χ3v) is 4.30. The van der Waals surface area contributed by atoms with E-state index in [1.807, 2.05) is 18.2 Å². The van der Waals surface area contributed by atoms with Gasteiger partial charge in [-0.05, 0) is 17.7 Å². The molecule has 1 amide bonds. The van der Waals surface area contributed by atoms with Crippen LogP contribution < -0.4 is 19.5 Å². The molecule has 0 aliphatic heterocycles. The van der Waals surface area contributed by atoms with Gasteiger partial charge in [0.05, 0.1) is 25.8 Å². The lowest BCUT2D eigenvalue weighted by Gasteiger charge is -2.16. The summed E-state index contributed by atoms with van der Waals surface area (Å²) in [7, 11) is 2.87. The molecular weight excluding hydrogens is 402 g/mol. The largest absolute Gasteiger partial charge is 0.481 e. The summed E-state index contributed by atoms with van der Waals surface area (Å²) in [4.78, 5) is 32.7. The van der Waals surface area contributed by atoms with E-state index in [9.17, 15) is 14.7 Å². The first kappa shape index (κ1) is 21.6. The summed E-state index contributed by atoms with van der Waals surface area (Å²) in [6.45, 7) is 0. The number of carboxylic acid groups (broad SMARTS) is 1. The second-order valence-corrected chi connectivity index (χ2v) is 6.39. The Morgan fingerprint density at radius 3 is 2.19 bits per heavy atom. The predicted molar refractivity (Wildman–Crippen MR) is 111 cm³/mol. The predicted octanol–water partition coefficient (Wildman–Crippen LogP) is 2.71. The second-order valence-electron chi connectivity index (χ2n) is 6.39. The van der Waals surface area contributed by atoms with Gasteiger partial charge in [-0.15, -0.1) is 0 Å². The quantitative estimate of drug-likeness (QED) is 0.539. The van der Waals surface area contributed by atoms with E-state index in [0.717, 1.165) is 5.56 Å². The first-order valence-corrected chi connectivity index (χ1v) is 9.31. The van der Waals surface area contributed by atoms with Crippen molar-refractivity contribution in [1.29, 1.82) is 0 Å². The van der Waals surface area contributed by atoms with E-state index in [1.165, 1.54) is 26.4 Å². The topological polar surface area (TPSA) is 120 Å².